The van der Waals surface area contributed by atoms with Crippen LogP contribution in [0.5, 0.6) is 0 Å². The molecule has 1 aromatic carbocycles. The molecule has 1 saturated heterocycles. The Morgan fingerprint density at radius 1 is 1.21 bits per heavy atom. The Morgan fingerprint density at radius 2 is 1.90 bits per heavy atom. The van der Waals surface area contributed by atoms with Gasteiger partial charge in [0.1, 0.15) is 4.21 Å². The lowest BCUT2D eigenvalue weighted by Gasteiger charge is -2.42. The van der Waals surface area contributed by atoms with Gasteiger partial charge in [-0.1, -0.05) is 32.0 Å². The van der Waals surface area contributed by atoms with E-state index < -0.39 is 15.6 Å². The molecule has 1 fully saturated rings. The quantitative estimate of drug-likeness (QED) is 0.697. The summed E-state index contributed by atoms with van der Waals surface area (Å²) in [7, 11) is -3.46. The highest BCUT2D eigenvalue weighted by atomic mass is 32.2. The molecule has 0 saturated carbocycles. The van der Waals surface area contributed by atoms with E-state index >= 15 is 0 Å². The first-order valence-electron chi connectivity index (χ1n) is 9.95. The summed E-state index contributed by atoms with van der Waals surface area (Å²) >= 11 is 1.26. The van der Waals surface area contributed by atoms with Gasteiger partial charge < -0.3 is 15.3 Å². The molecule has 0 amide bonds. The van der Waals surface area contributed by atoms with Gasteiger partial charge in [-0.15, -0.1) is 11.3 Å². The van der Waals surface area contributed by atoms with Gasteiger partial charge in [0, 0.05) is 37.9 Å². The third kappa shape index (κ3) is 5.19. The molecule has 1 aliphatic rings. The van der Waals surface area contributed by atoms with E-state index in [1.165, 1.54) is 11.3 Å². The number of rotatable bonds is 7. The molecule has 0 bridgehead atoms. The Morgan fingerprint density at radius 3 is 2.45 bits per heavy atom. The molecule has 6 nitrogen and oxygen atoms in total. The Bertz CT molecular complexity index is 888. The third-order valence-electron chi connectivity index (χ3n) is 5.20. The van der Waals surface area contributed by atoms with E-state index in [0.717, 1.165) is 11.3 Å². The molecule has 8 heteroatoms. The molecular weight excluding hydrogens is 406 g/mol. The van der Waals surface area contributed by atoms with Crippen LogP contribution in [0.1, 0.15) is 33.3 Å². The highest BCUT2D eigenvalue weighted by Crippen LogP contribution is 2.28. The molecular formula is C21H31N3O3S2. The van der Waals surface area contributed by atoms with Crippen molar-refractivity contribution in [2.75, 3.05) is 31.1 Å². The maximum Gasteiger partial charge on any atom is 0.252 e. The van der Waals surface area contributed by atoms with E-state index in [1.807, 2.05) is 24.3 Å². The van der Waals surface area contributed by atoms with E-state index in [9.17, 15) is 13.5 Å². The van der Waals surface area contributed by atoms with Crippen LogP contribution in [0, 0.1) is 0 Å². The van der Waals surface area contributed by atoms with E-state index in [-0.39, 0.29) is 6.04 Å². The Hall–Kier alpha value is -1.45. The lowest BCUT2D eigenvalue weighted by Crippen LogP contribution is -2.58. The zero-order valence-corrected chi connectivity index (χ0v) is 19.1. The minimum Gasteiger partial charge on any atom is -0.386 e. The van der Waals surface area contributed by atoms with E-state index in [4.69, 9.17) is 0 Å². The van der Waals surface area contributed by atoms with Crippen molar-refractivity contribution in [3.05, 3.63) is 47.3 Å². The second-order valence-corrected chi connectivity index (χ2v) is 11.4. The highest BCUT2D eigenvalue weighted by molar-refractivity contribution is 7.91. The maximum atomic E-state index is 13.0. The Labute approximate surface area is 178 Å². The first kappa shape index (κ1) is 22.2. The van der Waals surface area contributed by atoms with Crippen LogP contribution in [0.4, 0.5) is 5.69 Å². The van der Waals surface area contributed by atoms with Crippen molar-refractivity contribution in [1.82, 2.24) is 9.62 Å². The molecule has 3 rings (SSSR count). The van der Waals surface area contributed by atoms with Gasteiger partial charge in [-0.2, -0.15) is 4.31 Å². The van der Waals surface area contributed by atoms with Crippen LogP contribution < -0.4 is 10.2 Å². The summed E-state index contributed by atoms with van der Waals surface area (Å²) in [6, 6.07) is 11.7. The fourth-order valence-corrected chi connectivity index (χ4v) is 6.14. The van der Waals surface area contributed by atoms with Gasteiger partial charge in [0.2, 0.25) is 0 Å². The monoisotopic (exact) mass is 437 g/mol. The van der Waals surface area contributed by atoms with Crippen LogP contribution in [-0.2, 0) is 15.6 Å². The van der Waals surface area contributed by atoms with Crippen LogP contribution >= 0.6 is 11.3 Å². The fraction of sp³-hybridized carbons (Fsp3) is 0.524. The molecule has 2 heterocycles. The van der Waals surface area contributed by atoms with Crippen LogP contribution in [0.3, 0.4) is 0 Å². The molecule has 0 spiro atoms. The predicted octanol–water partition coefficient (Wildman–Crippen LogP) is 2.85. The molecule has 0 unspecified atom stereocenters. The van der Waals surface area contributed by atoms with E-state index in [1.54, 1.807) is 35.7 Å². The highest BCUT2D eigenvalue weighted by Gasteiger charge is 2.35. The van der Waals surface area contributed by atoms with Crippen LogP contribution in [-0.4, -0.2) is 56.1 Å². The zero-order chi connectivity index (χ0) is 21.2. The predicted molar refractivity (Wildman–Crippen MR) is 119 cm³/mol. The molecule has 2 aromatic rings. The second-order valence-electron chi connectivity index (χ2n) is 8.31. The van der Waals surface area contributed by atoms with Gasteiger partial charge in [0.25, 0.3) is 10.0 Å². The van der Waals surface area contributed by atoms with Crippen molar-refractivity contribution in [2.24, 2.45) is 0 Å². The molecule has 29 heavy (non-hydrogen) atoms. The second kappa shape index (κ2) is 8.73. The van der Waals surface area contributed by atoms with Gasteiger partial charge in [-0.3, -0.25) is 0 Å². The standard InChI is InChI=1S/C21H31N3O3S2/c1-16(2)22-14-19-15-23(29(26,27)20-6-5-13-28-20)11-12-24(19)18-9-7-17(8-10-18)21(3,4)25/h5-10,13,16,19,22,25H,11-12,14-15H2,1-4H3/t19-/m0/s1. The van der Waals surface area contributed by atoms with Crippen molar-refractivity contribution in [1.29, 1.82) is 0 Å². The van der Waals surface area contributed by atoms with Gasteiger partial charge in [-0.25, -0.2) is 8.42 Å². The number of piperazine rings is 1. The molecule has 1 aromatic heterocycles. The average molecular weight is 438 g/mol. The molecule has 1 atom stereocenters. The maximum absolute atomic E-state index is 13.0. The topological polar surface area (TPSA) is 72.9 Å². The summed E-state index contributed by atoms with van der Waals surface area (Å²) in [5, 5.41) is 15.5. The van der Waals surface area contributed by atoms with Crippen LogP contribution in [0.2, 0.25) is 0 Å². The number of nitrogens with zero attached hydrogens (tertiary/aromatic N) is 2. The first-order valence-corrected chi connectivity index (χ1v) is 12.3. The minimum absolute atomic E-state index is 0.0221. The number of hydrogen-bond donors (Lipinski definition) is 2. The summed E-state index contributed by atoms with van der Waals surface area (Å²) in [5.74, 6) is 0. The third-order valence-corrected chi connectivity index (χ3v) is 8.44. The summed E-state index contributed by atoms with van der Waals surface area (Å²) in [4.78, 5) is 2.27. The smallest absolute Gasteiger partial charge is 0.252 e. The van der Waals surface area contributed by atoms with Gasteiger partial charge in [-0.05, 0) is 43.0 Å². The molecule has 2 N–H and O–H groups in total. The van der Waals surface area contributed by atoms with Crippen LogP contribution in [0.15, 0.2) is 46.0 Å². The van der Waals surface area contributed by atoms with Crippen molar-refractivity contribution < 1.29 is 13.5 Å². The van der Waals surface area contributed by atoms with Crippen molar-refractivity contribution >= 4 is 27.0 Å². The number of hydrogen-bond acceptors (Lipinski definition) is 6. The molecule has 1 aliphatic heterocycles. The van der Waals surface area contributed by atoms with Crippen molar-refractivity contribution in [2.45, 2.75) is 49.6 Å². The summed E-state index contributed by atoms with van der Waals surface area (Å²) in [6.07, 6.45) is 0. The summed E-state index contributed by atoms with van der Waals surface area (Å²) < 4.78 is 28.0. The van der Waals surface area contributed by atoms with Gasteiger partial charge in [0.05, 0.1) is 11.6 Å². The minimum atomic E-state index is -3.46. The number of benzene rings is 1. The van der Waals surface area contributed by atoms with Crippen LogP contribution in [0.25, 0.3) is 0 Å². The number of anilines is 1. The van der Waals surface area contributed by atoms with Crippen molar-refractivity contribution in [3.8, 4) is 0 Å². The Kier molecular flexibility index (Phi) is 6.70. The largest absolute Gasteiger partial charge is 0.386 e. The zero-order valence-electron chi connectivity index (χ0n) is 17.5. The SMILES string of the molecule is CC(C)NC[C@H]1CN(S(=O)(=O)c2cccs2)CCN1c1ccc(C(C)(C)O)cc1. The average Bonchev–Trinajstić information content (AvgIpc) is 3.21. The van der Waals surface area contributed by atoms with Crippen molar-refractivity contribution in [3.63, 3.8) is 0 Å². The molecule has 0 radical (unpaired) electrons. The number of nitrogens with one attached hydrogen (secondary N) is 1. The summed E-state index contributed by atoms with van der Waals surface area (Å²) in [6.45, 7) is 9.92. The molecule has 160 valence electrons. The van der Waals surface area contributed by atoms with Gasteiger partial charge >= 0.3 is 0 Å². The lowest BCUT2D eigenvalue weighted by molar-refractivity contribution is 0.0786. The molecule has 0 aliphatic carbocycles. The number of sulfonamides is 1. The normalized spacial score (nSPS) is 19.1. The van der Waals surface area contributed by atoms with E-state index in [2.05, 4.69) is 24.1 Å². The van der Waals surface area contributed by atoms with E-state index in [0.29, 0.717) is 36.4 Å². The summed E-state index contributed by atoms with van der Waals surface area (Å²) in [5.41, 5.74) is 1.02. The lowest BCUT2D eigenvalue weighted by atomic mass is 9.98. The number of thiophene rings is 1. The Balaban J connectivity index is 1.82. The van der Waals surface area contributed by atoms with Gasteiger partial charge in [0.15, 0.2) is 0 Å². The number of aliphatic hydroxyl groups is 1. The first-order chi connectivity index (χ1) is 13.6. The fourth-order valence-electron chi connectivity index (χ4n) is 3.53.